The third-order valence-electron chi connectivity index (χ3n) is 4.02. The zero-order valence-corrected chi connectivity index (χ0v) is 15.2. The molecule has 2 aromatic carbocycles. The molecule has 3 aromatic rings. The number of aliphatic hydroxyl groups excluding tert-OH is 1. The molecule has 0 aliphatic carbocycles. The SMILES string of the molecule is Cc1ccc(OC[C@H](O)Cn2nnc(-c3ccc(C(N)=O)cc3)n2)c(C)c1. The number of benzene rings is 2. The van der Waals surface area contributed by atoms with Gasteiger partial charge in [0, 0.05) is 11.1 Å². The predicted molar refractivity (Wildman–Crippen MR) is 99.2 cm³/mol. The lowest BCUT2D eigenvalue weighted by Crippen LogP contribution is -2.25. The van der Waals surface area contributed by atoms with Crippen molar-refractivity contribution >= 4 is 5.91 Å². The number of carbonyl (C=O) groups is 1. The summed E-state index contributed by atoms with van der Waals surface area (Å²) < 4.78 is 5.67. The molecule has 1 aromatic heterocycles. The highest BCUT2D eigenvalue weighted by atomic mass is 16.5. The molecule has 1 amide bonds. The lowest BCUT2D eigenvalue weighted by atomic mass is 10.1. The molecule has 0 spiro atoms. The summed E-state index contributed by atoms with van der Waals surface area (Å²) in [4.78, 5) is 12.4. The van der Waals surface area contributed by atoms with Gasteiger partial charge in [0.2, 0.25) is 11.7 Å². The second kappa shape index (κ2) is 7.96. The Balaban J connectivity index is 1.59. The van der Waals surface area contributed by atoms with Crippen LogP contribution in [0.1, 0.15) is 21.5 Å². The van der Waals surface area contributed by atoms with Crippen LogP contribution in [0, 0.1) is 13.8 Å². The van der Waals surface area contributed by atoms with Crippen LogP contribution in [0.5, 0.6) is 5.75 Å². The van der Waals surface area contributed by atoms with Gasteiger partial charge in [0.1, 0.15) is 18.5 Å². The van der Waals surface area contributed by atoms with Gasteiger partial charge in [-0.1, -0.05) is 29.8 Å². The summed E-state index contributed by atoms with van der Waals surface area (Å²) in [5.74, 6) is 0.639. The number of nitrogens with two attached hydrogens (primary N) is 1. The Bertz CT molecular complexity index is 937. The molecular weight excluding hydrogens is 346 g/mol. The fourth-order valence-corrected chi connectivity index (χ4v) is 2.61. The van der Waals surface area contributed by atoms with E-state index in [0.29, 0.717) is 17.0 Å². The van der Waals surface area contributed by atoms with Gasteiger partial charge in [0.05, 0.1) is 6.54 Å². The molecule has 8 nitrogen and oxygen atoms in total. The lowest BCUT2D eigenvalue weighted by Gasteiger charge is -2.13. The van der Waals surface area contributed by atoms with E-state index >= 15 is 0 Å². The summed E-state index contributed by atoms with van der Waals surface area (Å²) in [7, 11) is 0. The Morgan fingerprint density at radius 2 is 1.96 bits per heavy atom. The number of ether oxygens (including phenoxy) is 1. The molecule has 0 bridgehead atoms. The van der Waals surface area contributed by atoms with Crippen LogP contribution in [0.2, 0.25) is 0 Å². The molecule has 0 aliphatic rings. The van der Waals surface area contributed by atoms with E-state index in [1.54, 1.807) is 24.3 Å². The topological polar surface area (TPSA) is 116 Å². The van der Waals surface area contributed by atoms with E-state index in [2.05, 4.69) is 15.4 Å². The van der Waals surface area contributed by atoms with Crippen molar-refractivity contribution in [2.24, 2.45) is 5.73 Å². The molecule has 8 heteroatoms. The van der Waals surface area contributed by atoms with Crippen LogP contribution in [-0.4, -0.2) is 43.9 Å². The Morgan fingerprint density at radius 1 is 1.22 bits per heavy atom. The minimum Gasteiger partial charge on any atom is -0.491 e. The molecule has 0 saturated heterocycles. The van der Waals surface area contributed by atoms with Gasteiger partial charge >= 0.3 is 0 Å². The van der Waals surface area contributed by atoms with Crippen molar-refractivity contribution in [3.63, 3.8) is 0 Å². The fraction of sp³-hybridized carbons (Fsp3) is 0.263. The van der Waals surface area contributed by atoms with Crippen LogP contribution in [0.4, 0.5) is 0 Å². The molecule has 1 heterocycles. The number of aromatic nitrogens is 4. The highest BCUT2D eigenvalue weighted by Gasteiger charge is 2.12. The average molecular weight is 367 g/mol. The predicted octanol–water partition coefficient (Wildman–Crippen LogP) is 1.50. The summed E-state index contributed by atoms with van der Waals surface area (Å²) in [5.41, 5.74) is 8.50. The monoisotopic (exact) mass is 367 g/mol. The van der Waals surface area contributed by atoms with Gasteiger partial charge in [-0.25, -0.2) is 0 Å². The van der Waals surface area contributed by atoms with Crippen LogP contribution in [0.25, 0.3) is 11.4 Å². The van der Waals surface area contributed by atoms with Crippen LogP contribution in [0.3, 0.4) is 0 Å². The summed E-state index contributed by atoms with van der Waals surface area (Å²) in [5, 5.41) is 22.3. The maximum absolute atomic E-state index is 11.1. The normalized spacial score (nSPS) is 12.0. The van der Waals surface area contributed by atoms with E-state index in [0.717, 1.165) is 16.9 Å². The second-order valence-corrected chi connectivity index (χ2v) is 6.34. The summed E-state index contributed by atoms with van der Waals surface area (Å²) >= 11 is 0. The summed E-state index contributed by atoms with van der Waals surface area (Å²) in [6.07, 6.45) is -0.787. The fourth-order valence-electron chi connectivity index (χ4n) is 2.61. The van der Waals surface area contributed by atoms with Crippen LogP contribution in [-0.2, 0) is 6.54 Å². The van der Waals surface area contributed by atoms with Crippen molar-refractivity contribution in [1.82, 2.24) is 20.2 Å². The molecule has 0 unspecified atom stereocenters. The van der Waals surface area contributed by atoms with Crippen molar-refractivity contribution < 1.29 is 14.6 Å². The summed E-state index contributed by atoms with van der Waals surface area (Å²) in [6, 6.07) is 12.5. The second-order valence-electron chi connectivity index (χ2n) is 6.34. The quantitative estimate of drug-likeness (QED) is 0.654. The number of aliphatic hydroxyl groups is 1. The number of rotatable bonds is 7. The van der Waals surface area contributed by atoms with Crippen LogP contribution in [0.15, 0.2) is 42.5 Å². The lowest BCUT2D eigenvalue weighted by molar-refractivity contribution is 0.0847. The molecule has 0 aliphatic heterocycles. The third kappa shape index (κ3) is 4.68. The van der Waals surface area contributed by atoms with E-state index in [1.165, 1.54) is 4.80 Å². The number of hydrogen-bond donors (Lipinski definition) is 2. The zero-order chi connectivity index (χ0) is 19.4. The van der Waals surface area contributed by atoms with Gasteiger partial charge in [0.15, 0.2) is 0 Å². The van der Waals surface area contributed by atoms with Gasteiger partial charge in [-0.2, -0.15) is 4.80 Å². The minimum atomic E-state index is -0.787. The van der Waals surface area contributed by atoms with Gasteiger partial charge in [0.25, 0.3) is 0 Å². The standard InChI is InChI=1S/C19H21N5O3/c1-12-3-8-17(13(2)9-12)27-11-16(25)10-24-22-19(21-23-24)15-6-4-14(5-7-15)18(20)26/h3-9,16,25H,10-11H2,1-2H3,(H2,20,26)/t16-/m1/s1. The third-order valence-corrected chi connectivity index (χ3v) is 4.02. The van der Waals surface area contributed by atoms with Crippen molar-refractivity contribution in [3.05, 3.63) is 59.2 Å². The number of hydrogen-bond acceptors (Lipinski definition) is 6. The maximum atomic E-state index is 11.1. The van der Waals surface area contributed by atoms with Crippen LogP contribution < -0.4 is 10.5 Å². The van der Waals surface area contributed by atoms with E-state index in [-0.39, 0.29) is 13.2 Å². The Kier molecular flexibility index (Phi) is 5.46. The Hall–Kier alpha value is -3.26. The largest absolute Gasteiger partial charge is 0.491 e. The number of nitrogens with zero attached hydrogens (tertiary/aromatic N) is 4. The molecule has 0 saturated carbocycles. The molecule has 0 radical (unpaired) electrons. The summed E-state index contributed by atoms with van der Waals surface area (Å²) in [6.45, 7) is 4.25. The molecule has 0 fully saturated rings. The van der Waals surface area contributed by atoms with Crippen molar-refractivity contribution in [2.45, 2.75) is 26.5 Å². The minimum absolute atomic E-state index is 0.119. The number of aryl methyl sites for hydroxylation is 2. The zero-order valence-electron chi connectivity index (χ0n) is 15.2. The number of carbonyl (C=O) groups excluding carboxylic acids is 1. The van der Waals surface area contributed by atoms with E-state index in [4.69, 9.17) is 10.5 Å². The first-order valence-electron chi connectivity index (χ1n) is 8.48. The molecule has 1 atom stereocenters. The van der Waals surface area contributed by atoms with Gasteiger partial charge < -0.3 is 15.6 Å². The molecule has 27 heavy (non-hydrogen) atoms. The number of primary amides is 1. The smallest absolute Gasteiger partial charge is 0.248 e. The van der Waals surface area contributed by atoms with Crippen molar-refractivity contribution in [2.75, 3.05) is 6.61 Å². The first kappa shape index (κ1) is 18.5. The van der Waals surface area contributed by atoms with E-state index in [1.807, 2.05) is 32.0 Å². The highest BCUT2D eigenvalue weighted by Crippen LogP contribution is 2.19. The highest BCUT2D eigenvalue weighted by molar-refractivity contribution is 5.93. The van der Waals surface area contributed by atoms with Crippen LogP contribution >= 0.6 is 0 Å². The first-order chi connectivity index (χ1) is 12.9. The number of amides is 1. The number of tetrazole rings is 1. The van der Waals surface area contributed by atoms with Gasteiger partial charge in [-0.05, 0) is 42.8 Å². The first-order valence-corrected chi connectivity index (χ1v) is 8.48. The average Bonchev–Trinajstić information content (AvgIpc) is 3.09. The Morgan fingerprint density at radius 3 is 2.63 bits per heavy atom. The van der Waals surface area contributed by atoms with Gasteiger partial charge in [-0.15, -0.1) is 10.2 Å². The maximum Gasteiger partial charge on any atom is 0.248 e. The van der Waals surface area contributed by atoms with Crippen molar-refractivity contribution in [3.8, 4) is 17.1 Å². The van der Waals surface area contributed by atoms with Gasteiger partial charge in [-0.3, -0.25) is 4.79 Å². The Labute approximate surface area is 156 Å². The molecule has 3 N–H and O–H groups in total. The molecular formula is C19H21N5O3. The molecule has 140 valence electrons. The van der Waals surface area contributed by atoms with E-state index in [9.17, 15) is 9.90 Å². The van der Waals surface area contributed by atoms with Crippen molar-refractivity contribution in [1.29, 1.82) is 0 Å². The molecule has 3 rings (SSSR count). The van der Waals surface area contributed by atoms with E-state index < -0.39 is 12.0 Å².